The van der Waals surface area contributed by atoms with Crippen molar-refractivity contribution in [1.29, 1.82) is 0 Å². The molecule has 0 radical (unpaired) electrons. The van der Waals surface area contributed by atoms with Crippen LogP contribution in [-0.2, 0) is 12.0 Å². The molecule has 4 rings (SSSR count). The number of aryl methyl sites for hydroxylation is 1. The van der Waals surface area contributed by atoms with E-state index in [2.05, 4.69) is 29.2 Å². The summed E-state index contributed by atoms with van der Waals surface area (Å²) in [5.74, 6) is 1.21. The van der Waals surface area contributed by atoms with Crippen LogP contribution < -0.4 is 5.73 Å². The summed E-state index contributed by atoms with van der Waals surface area (Å²) in [6.07, 6.45) is 2.14. The molecule has 4 N–H and O–H groups in total. The molecule has 0 aliphatic heterocycles. The number of nitrogens with two attached hydrogens (primary N) is 1. The van der Waals surface area contributed by atoms with E-state index < -0.39 is 18.8 Å². The van der Waals surface area contributed by atoms with Crippen LogP contribution in [0.4, 0.5) is 0 Å². The molecule has 0 saturated heterocycles. The van der Waals surface area contributed by atoms with E-state index in [0.29, 0.717) is 23.1 Å². The molecule has 7 heteroatoms. The van der Waals surface area contributed by atoms with Crippen molar-refractivity contribution in [3.8, 4) is 22.8 Å². The van der Waals surface area contributed by atoms with E-state index >= 15 is 0 Å². The fourth-order valence-corrected chi connectivity index (χ4v) is 3.18. The number of nitrogens with zero attached hydrogens (tertiary/aromatic N) is 2. The molecule has 29 heavy (non-hydrogen) atoms. The molecular formula is C22H23N3O4. The Morgan fingerprint density at radius 1 is 1.00 bits per heavy atom. The van der Waals surface area contributed by atoms with E-state index in [-0.39, 0.29) is 0 Å². The molecule has 0 unspecified atom stereocenters. The Morgan fingerprint density at radius 2 is 1.72 bits per heavy atom. The molecule has 7 nitrogen and oxygen atoms in total. The molecule has 0 saturated carbocycles. The van der Waals surface area contributed by atoms with E-state index in [9.17, 15) is 10.2 Å². The molecule has 4 aromatic rings. The van der Waals surface area contributed by atoms with Gasteiger partial charge in [-0.2, -0.15) is 4.98 Å². The van der Waals surface area contributed by atoms with Crippen LogP contribution in [0.15, 0.2) is 57.5 Å². The van der Waals surface area contributed by atoms with Crippen LogP contribution >= 0.6 is 0 Å². The predicted octanol–water partition coefficient (Wildman–Crippen LogP) is 3.24. The van der Waals surface area contributed by atoms with Gasteiger partial charge in [0.2, 0.25) is 5.82 Å². The van der Waals surface area contributed by atoms with Gasteiger partial charge in [0.25, 0.3) is 5.89 Å². The summed E-state index contributed by atoms with van der Waals surface area (Å²) in [5.41, 5.74) is 8.09. The van der Waals surface area contributed by atoms with Crippen molar-refractivity contribution in [2.45, 2.75) is 25.3 Å². The number of rotatable bonds is 7. The first-order chi connectivity index (χ1) is 14.1. The Balaban J connectivity index is 1.63. The van der Waals surface area contributed by atoms with Gasteiger partial charge < -0.3 is 24.9 Å². The summed E-state index contributed by atoms with van der Waals surface area (Å²) < 4.78 is 11.2. The minimum Gasteiger partial charge on any atom is -0.459 e. The molecule has 2 aromatic carbocycles. The molecule has 150 valence electrons. The number of hydrogen-bond acceptors (Lipinski definition) is 7. The van der Waals surface area contributed by atoms with Crippen LogP contribution in [0.1, 0.15) is 24.7 Å². The van der Waals surface area contributed by atoms with Crippen molar-refractivity contribution >= 4 is 11.0 Å². The Labute approximate surface area is 167 Å². The second-order valence-electron chi connectivity index (χ2n) is 7.21. The van der Waals surface area contributed by atoms with E-state index in [4.69, 9.17) is 14.7 Å². The maximum atomic E-state index is 9.48. The number of aromatic nitrogens is 2. The Bertz CT molecular complexity index is 1110. The lowest BCUT2D eigenvalue weighted by Crippen LogP contribution is -2.43. The summed E-state index contributed by atoms with van der Waals surface area (Å²) in [5, 5.41) is 23.8. The highest BCUT2D eigenvalue weighted by atomic mass is 16.5. The van der Waals surface area contributed by atoms with E-state index in [0.717, 1.165) is 29.4 Å². The maximum absolute atomic E-state index is 9.48. The quantitative estimate of drug-likeness (QED) is 0.441. The van der Waals surface area contributed by atoms with Gasteiger partial charge in [-0.1, -0.05) is 42.8 Å². The van der Waals surface area contributed by atoms with Gasteiger partial charge in [-0.3, -0.25) is 0 Å². The van der Waals surface area contributed by atoms with Gasteiger partial charge in [0.05, 0.1) is 13.2 Å². The number of fused-ring (bicyclic) bond motifs is 1. The standard InChI is InChI=1S/C22H23N3O4/c1-2-3-14-4-6-15(7-5-14)21-24-20(25-29-21)17-9-8-16-11-19(28-18(16)10-17)22(23,12-26)13-27/h4-11,26-27H,2-3,12-13,23H2,1H3. The van der Waals surface area contributed by atoms with Crippen LogP contribution in [0.5, 0.6) is 0 Å². The fraction of sp³-hybridized carbons (Fsp3) is 0.273. The first-order valence-corrected chi connectivity index (χ1v) is 9.54. The van der Waals surface area contributed by atoms with Crippen LogP contribution in [0.2, 0.25) is 0 Å². The second kappa shape index (κ2) is 7.79. The third-order valence-electron chi connectivity index (χ3n) is 5.00. The third kappa shape index (κ3) is 3.67. The van der Waals surface area contributed by atoms with Gasteiger partial charge in [-0.15, -0.1) is 0 Å². The Hall–Kier alpha value is -3.00. The molecule has 0 amide bonds. The molecule has 0 bridgehead atoms. The highest BCUT2D eigenvalue weighted by Gasteiger charge is 2.30. The zero-order valence-electron chi connectivity index (χ0n) is 16.1. The number of aliphatic hydroxyl groups is 2. The predicted molar refractivity (Wildman–Crippen MR) is 109 cm³/mol. The van der Waals surface area contributed by atoms with Crippen molar-refractivity contribution in [1.82, 2.24) is 10.1 Å². The van der Waals surface area contributed by atoms with Gasteiger partial charge in [0, 0.05) is 16.5 Å². The topological polar surface area (TPSA) is 119 Å². The van der Waals surface area contributed by atoms with Crippen molar-refractivity contribution in [3.05, 3.63) is 59.9 Å². The molecule has 2 heterocycles. The minimum atomic E-state index is -1.33. The molecular weight excluding hydrogens is 370 g/mol. The largest absolute Gasteiger partial charge is 0.459 e. The average Bonchev–Trinajstić information content (AvgIpc) is 3.41. The highest BCUT2D eigenvalue weighted by Crippen LogP contribution is 2.30. The number of hydrogen-bond donors (Lipinski definition) is 3. The molecule has 0 aliphatic rings. The molecule has 0 spiro atoms. The summed E-state index contributed by atoms with van der Waals surface area (Å²) in [4.78, 5) is 4.50. The van der Waals surface area contributed by atoms with Gasteiger partial charge in [-0.25, -0.2) is 0 Å². The van der Waals surface area contributed by atoms with Gasteiger partial charge in [-0.05, 0) is 36.2 Å². The van der Waals surface area contributed by atoms with E-state index in [1.54, 1.807) is 12.1 Å². The lowest BCUT2D eigenvalue weighted by Gasteiger charge is -2.21. The lowest BCUT2D eigenvalue weighted by atomic mass is 10.00. The SMILES string of the molecule is CCCc1ccc(-c2nc(-c3ccc4cc(C(N)(CO)CO)oc4c3)no2)cc1. The van der Waals surface area contributed by atoms with E-state index in [1.165, 1.54) is 5.56 Å². The van der Waals surface area contributed by atoms with Crippen molar-refractivity contribution in [2.24, 2.45) is 5.73 Å². The van der Waals surface area contributed by atoms with Crippen molar-refractivity contribution < 1.29 is 19.2 Å². The smallest absolute Gasteiger partial charge is 0.258 e. The molecule has 0 fully saturated rings. The first-order valence-electron chi connectivity index (χ1n) is 9.54. The maximum Gasteiger partial charge on any atom is 0.258 e. The van der Waals surface area contributed by atoms with Crippen molar-refractivity contribution in [2.75, 3.05) is 13.2 Å². The monoisotopic (exact) mass is 393 g/mol. The van der Waals surface area contributed by atoms with Gasteiger partial charge in [0.1, 0.15) is 16.9 Å². The van der Waals surface area contributed by atoms with Gasteiger partial charge in [0.15, 0.2) is 0 Å². The van der Waals surface area contributed by atoms with Crippen LogP contribution in [-0.4, -0.2) is 33.6 Å². The van der Waals surface area contributed by atoms with E-state index in [1.807, 2.05) is 24.3 Å². The molecule has 0 atom stereocenters. The zero-order chi connectivity index (χ0) is 20.4. The van der Waals surface area contributed by atoms with Crippen LogP contribution in [0, 0.1) is 0 Å². The van der Waals surface area contributed by atoms with Crippen molar-refractivity contribution in [3.63, 3.8) is 0 Å². The molecule has 2 aromatic heterocycles. The minimum absolute atomic E-state index is 0.315. The zero-order valence-corrected chi connectivity index (χ0v) is 16.1. The number of benzene rings is 2. The number of aliphatic hydroxyl groups excluding tert-OH is 2. The molecule has 0 aliphatic carbocycles. The lowest BCUT2D eigenvalue weighted by molar-refractivity contribution is 0.105. The Kier molecular flexibility index (Phi) is 5.19. The highest BCUT2D eigenvalue weighted by molar-refractivity contribution is 5.83. The summed E-state index contributed by atoms with van der Waals surface area (Å²) in [7, 11) is 0. The summed E-state index contributed by atoms with van der Waals surface area (Å²) >= 11 is 0. The van der Waals surface area contributed by atoms with Crippen LogP contribution in [0.25, 0.3) is 33.8 Å². The second-order valence-corrected chi connectivity index (χ2v) is 7.21. The van der Waals surface area contributed by atoms with Crippen LogP contribution in [0.3, 0.4) is 0 Å². The fourth-order valence-electron chi connectivity index (χ4n) is 3.18. The van der Waals surface area contributed by atoms with Gasteiger partial charge >= 0.3 is 0 Å². The normalized spacial score (nSPS) is 12.0. The first kappa shape index (κ1) is 19.3. The number of furan rings is 1. The summed E-state index contributed by atoms with van der Waals surface area (Å²) in [6, 6.07) is 15.3. The average molecular weight is 393 g/mol. The third-order valence-corrected chi connectivity index (χ3v) is 5.00. The Morgan fingerprint density at radius 3 is 2.41 bits per heavy atom. The summed E-state index contributed by atoms with van der Waals surface area (Å²) in [6.45, 7) is 1.29.